The van der Waals surface area contributed by atoms with Crippen molar-refractivity contribution in [1.82, 2.24) is 5.01 Å². The van der Waals surface area contributed by atoms with Crippen LogP contribution in [0.5, 0.6) is 0 Å². The molecular weight excluding hydrogens is 224 g/mol. The molecule has 0 aliphatic carbocycles. The maximum atomic E-state index is 11.0. The second-order valence-corrected chi connectivity index (χ2v) is 3.51. The Bertz CT molecular complexity index is 336. The van der Waals surface area contributed by atoms with Crippen LogP contribution in [-0.2, 0) is 9.53 Å². The summed E-state index contributed by atoms with van der Waals surface area (Å²) in [5.41, 5.74) is 0.971. The molecule has 0 rings (SSSR count). The third kappa shape index (κ3) is 6.34. The van der Waals surface area contributed by atoms with E-state index < -0.39 is 12.1 Å². The number of carbonyl (C=O) groups excluding carboxylic acids is 1. The number of carboxylic acid groups (broad SMARTS) is 1. The van der Waals surface area contributed by atoms with Crippen LogP contribution in [0.15, 0.2) is 17.3 Å². The standard InChI is InChI=1S/C11H18N2O4/c1-5-9(4)12-13(11(15)16)6-7-17-10(14)8(2)3/h2,5-7H2,1,3-4H3,(H,15,16)/b12-9+. The van der Waals surface area contributed by atoms with E-state index in [-0.39, 0.29) is 18.7 Å². The monoisotopic (exact) mass is 242 g/mol. The summed E-state index contributed by atoms with van der Waals surface area (Å²) < 4.78 is 4.79. The molecule has 0 aliphatic heterocycles. The molecule has 0 radical (unpaired) electrons. The van der Waals surface area contributed by atoms with E-state index >= 15 is 0 Å². The topological polar surface area (TPSA) is 79.2 Å². The average Bonchev–Trinajstić information content (AvgIpc) is 2.26. The first-order chi connectivity index (χ1) is 7.88. The summed E-state index contributed by atoms with van der Waals surface area (Å²) in [5.74, 6) is -0.536. The van der Waals surface area contributed by atoms with Gasteiger partial charge >= 0.3 is 12.1 Å². The molecule has 0 saturated carbocycles. The molecule has 0 aromatic rings. The minimum Gasteiger partial charge on any atom is -0.464 e. The second-order valence-electron chi connectivity index (χ2n) is 3.51. The van der Waals surface area contributed by atoms with Crippen LogP contribution in [-0.4, -0.2) is 41.0 Å². The summed E-state index contributed by atoms with van der Waals surface area (Å²) in [6.45, 7) is 8.51. The first-order valence-corrected chi connectivity index (χ1v) is 5.25. The zero-order valence-corrected chi connectivity index (χ0v) is 10.4. The van der Waals surface area contributed by atoms with Gasteiger partial charge in [-0.15, -0.1) is 0 Å². The molecule has 0 unspecified atom stereocenters. The first kappa shape index (κ1) is 15.2. The van der Waals surface area contributed by atoms with E-state index in [1.54, 1.807) is 6.92 Å². The lowest BCUT2D eigenvalue weighted by Crippen LogP contribution is -2.29. The maximum absolute atomic E-state index is 11.0. The van der Waals surface area contributed by atoms with Gasteiger partial charge < -0.3 is 9.84 Å². The summed E-state index contributed by atoms with van der Waals surface area (Å²) in [5, 5.41) is 13.6. The van der Waals surface area contributed by atoms with Gasteiger partial charge in [-0.3, -0.25) is 0 Å². The van der Waals surface area contributed by atoms with Crippen molar-refractivity contribution >= 4 is 17.8 Å². The fourth-order valence-corrected chi connectivity index (χ4v) is 0.813. The molecule has 0 heterocycles. The minimum absolute atomic E-state index is 0.00565. The van der Waals surface area contributed by atoms with E-state index in [0.717, 1.165) is 5.01 Å². The first-order valence-electron chi connectivity index (χ1n) is 5.25. The van der Waals surface area contributed by atoms with Crippen molar-refractivity contribution in [3.05, 3.63) is 12.2 Å². The van der Waals surface area contributed by atoms with Crippen molar-refractivity contribution in [1.29, 1.82) is 0 Å². The smallest absolute Gasteiger partial charge is 0.428 e. The molecule has 0 aromatic heterocycles. The molecule has 0 spiro atoms. The lowest BCUT2D eigenvalue weighted by atomic mass is 10.3. The van der Waals surface area contributed by atoms with Gasteiger partial charge in [-0.2, -0.15) is 10.1 Å². The highest BCUT2D eigenvalue weighted by Gasteiger charge is 2.12. The van der Waals surface area contributed by atoms with Crippen molar-refractivity contribution in [2.75, 3.05) is 13.2 Å². The summed E-state index contributed by atoms with van der Waals surface area (Å²) in [6.07, 6.45) is -0.515. The highest BCUT2D eigenvalue weighted by molar-refractivity contribution is 5.87. The third-order valence-corrected chi connectivity index (χ3v) is 1.91. The fraction of sp³-hybridized carbons (Fsp3) is 0.545. The molecule has 0 saturated heterocycles. The predicted molar refractivity (Wildman–Crippen MR) is 63.9 cm³/mol. The van der Waals surface area contributed by atoms with Crippen molar-refractivity contribution < 1.29 is 19.4 Å². The Kier molecular flexibility index (Phi) is 6.62. The van der Waals surface area contributed by atoms with Crippen LogP contribution in [0.4, 0.5) is 4.79 Å². The molecule has 0 aromatic carbocycles. The summed E-state index contributed by atoms with van der Waals surface area (Å²) in [7, 11) is 0. The van der Waals surface area contributed by atoms with Gasteiger partial charge in [0.1, 0.15) is 6.61 Å². The number of nitrogens with zero attached hydrogens (tertiary/aromatic N) is 2. The average molecular weight is 242 g/mol. The van der Waals surface area contributed by atoms with Gasteiger partial charge in [0.2, 0.25) is 0 Å². The fourth-order valence-electron chi connectivity index (χ4n) is 0.813. The third-order valence-electron chi connectivity index (χ3n) is 1.91. The molecular formula is C11H18N2O4. The minimum atomic E-state index is -1.18. The molecule has 1 N–H and O–H groups in total. The molecule has 0 aliphatic rings. The quantitative estimate of drug-likeness (QED) is 0.334. The van der Waals surface area contributed by atoms with Crippen molar-refractivity contribution in [2.45, 2.75) is 27.2 Å². The molecule has 6 heteroatoms. The zero-order chi connectivity index (χ0) is 13.4. The Labute approximate surface area is 101 Å². The highest BCUT2D eigenvalue weighted by Crippen LogP contribution is 1.97. The lowest BCUT2D eigenvalue weighted by Gasteiger charge is -2.14. The molecule has 0 atom stereocenters. The van der Waals surface area contributed by atoms with Gasteiger partial charge in [0.05, 0.1) is 6.54 Å². The predicted octanol–water partition coefficient (Wildman–Crippen LogP) is 1.87. The normalized spacial score (nSPS) is 10.9. The lowest BCUT2D eigenvalue weighted by molar-refractivity contribution is -0.139. The SMILES string of the molecule is C=C(C)C(=O)OCCN(/N=C(\C)CC)C(=O)O. The van der Waals surface area contributed by atoms with E-state index in [2.05, 4.69) is 11.7 Å². The number of carbonyl (C=O) groups is 2. The summed E-state index contributed by atoms with van der Waals surface area (Å²) in [6, 6.07) is 0. The van der Waals surface area contributed by atoms with Gasteiger partial charge in [0.25, 0.3) is 0 Å². The van der Waals surface area contributed by atoms with Crippen molar-refractivity contribution in [2.24, 2.45) is 5.10 Å². The van der Waals surface area contributed by atoms with Gasteiger partial charge in [-0.1, -0.05) is 13.5 Å². The van der Waals surface area contributed by atoms with E-state index in [4.69, 9.17) is 9.84 Å². The van der Waals surface area contributed by atoms with Crippen LogP contribution in [0, 0.1) is 0 Å². The molecule has 0 bridgehead atoms. The van der Waals surface area contributed by atoms with Gasteiger partial charge in [-0.05, 0) is 20.3 Å². The zero-order valence-electron chi connectivity index (χ0n) is 10.4. The van der Waals surface area contributed by atoms with Crippen molar-refractivity contribution in [3.63, 3.8) is 0 Å². The molecule has 0 fully saturated rings. The largest absolute Gasteiger partial charge is 0.464 e. The number of esters is 1. The van der Waals surface area contributed by atoms with E-state index in [1.165, 1.54) is 6.92 Å². The number of hydrogen-bond donors (Lipinski definition) is 1. The number of rotatable bonds is 6. The Morgan fingerprint density at radius 3 is 2.41 bits per heavy atom. The van der Waals surface area contributed by atoms with Crippen LogP contribution >= 0.6 is 0 Å². The maximum Gasteiger partial charge on any atom is 0.428 e. The highest BCUT2D eigenvalue weighted by atomic mass is 16.5. The van der Waals surface area contributed by atoms with Gasteiger partial charge in [0, 0.05) is 11.3 Å². The van der Waals surface area contributed by atoms with E-state index in [9.17, 15) is 9.59 Å². The molecule has 17 heavy (non-hydrogen) atoms. The van der Waals surface area contributed by atoms with Crippen LogP contribution < -0.4 is 0 Å². The second kappa shape index (κ2) is 7.43. The van der Waals surface area contributed by atoms with Gasteiger partial charge in [0.15, 0.2) is 0 Å². The Balaban J connectivity index is 4.25. The number of amides is 1. The van der Waals surface area contributed by atoms with Crippen LogP contribution in [0.2, 0.25) is 0 Å². The van der Waals surface area contributed by atoms with Crippen LogP contribution in [0.25, 0.3) is 0 Å². The number of ether oxygens (including phenoxy) is 1. The summed E-state index contributed by atoms with van der Waals surface area (Å²) in [4.78, 5) is 21.9. The van der Waals surface area contributed by atoms with Gasteiger partial charge in [-0.25, -0.2) is 9.59 Å². The molecule has 1 amide bonds. The Morgan fingerprint density at radius 2 is 2.00 bits per heavy atom. The summed E-state index contributed by atoms with van der Waals surface area (Å²) >= 11 is 0. The molecule has 6 nitrogen and oxygen atoms in total. The number of hydrazone groups is 1. The molecule has 96 valence electrons. The Morgan fingerprint density at radius 1 is 1.41 bits per heavy atom. The van der Waals surface area contributed by atoms with Crippen LogP contribution in [0.1, 0.15) is 27.2 Å². The Hall–Kier alpha value is -1.85. The van der Waals surface area contributed by atoms with E-state index in [1.807, 2.05) is 6.92 Å². The van der Waals surface area contributed by atoms with Crippen LogP contribution in [0.3, 0.4) is 0 Å². The number of hydrogen-bond acceptors (Lipinski definition) is 4. The van der Waals surface area contributed by atoms with E-state index in [0.29, 0.717) is 12.1 Å². The van der Waals surface area contributed by atoms with Crippen molar-refractivity contribution in [3.8, 4) is 0 Å².